The molecule has 5 nitrogen and oxygen atoms in total. The number of carbonyl (C=O) groups excluding carboxylic acids is 1. The number of carbonyl (C=O) groups is 1. The van der Waals surface area contributed by atoms with Crippen LogP contribution < -0.4 is 5.32 Å². The molecule has 0 aliphatic heterocycles. The number of ether oxygens (including phenoxy) is 1. The molecule has 0 saturated heterocycles. The van der Waals surface area contributed by atoms with Crippen molar-refractivity contribution in [2.45, 2.75) is 25.4 Å². The zero-order valence-corrected chi connectivity index (χ0v) is 8.75. The summed E-state index contributed by atoms with van der Waals surface area (Å²) >= 11 is 0. The van der Waals surface area contributed by atoms with Gasteiger partial charge in [-0.1, -0.05) is 0 Å². The second-order valence-electron chi connectivity index (χ2n) is 3.53. The quantitative estimate of drug-likeness (QED) is 0.479. The number of methoxy groups -OCH3 is 1. The van der Waals surface area contributed by atoms with Gasteiger partial charge in [0.05, 0.1) is 6.61 Å². The summed E-state index contributed by atoms with van der Waals surface area (Å²) in [5.41, 5.74) is -1.24. The summed E-state index contributed by atoms with van der Waals surface area (Å²) in [5, 5.41) is 20.6. The van der Waals surface area contributed by atoms with Gasteiger partial charge in [0.1, 0.15) is 5.60 Å². The average Bonchev–Trinajstić information content (AvgIpc) is 2.16. The maximum atomic E-state index is 11.1. The molecule has 1 unspecified atom stereocenters. The molecule has 0 radical (unpaired) electrons. The standard InChI is InChI=1S/C9H19NO4/c1-9(13,7-11)6-10-8(12)4-3-5-14-2/h11,13H,3-7H2,1-2H3,(H,10,12). The van der Waals surface area contributed by atoms with E-state index >= 15 is 0 Å². The highest BCUT2D eigenvalue weighted by atomic mass is 16.5. The Labute approximate surface area is 84.1 Å². The van der Waals surface area contributed by atoms with E-state index in [9.17, 15) is 9.90 Å². The molecule has 14 heavy (non-hydrogen) atoms. The molecule has 5 heteroatoms. The van der Waals surface area contributed by atoms with Gasteiger partial charge < -0.3 is 20.3 Å². The number of rotatable bonds is 7. The van der Waals surface area contributed by atoms with Gasteiger partial charge in [-0.05, 0) is 13.3 Å². The van der Waals surface area contributed by atoms with E-state index in [4.69, 9.17) is 9.84 Å². The lowest BCUT2D eigenvalue weighted by atomic mass is 10.1. The fourth-order valence-corrected chi connectivity index (χ4v) is 0.810. The number of nitrogens with one attached hydrogen (secondary N) is 1. The first-order valence-electron chi connectivity index (χ1n) is 4.61. The molecule has 0 aromatic carbocycles. The summed E-state index contributed by atoms with van der Waals surface area (Å²) in [4.78, 5) is 11.1. The third-order valence-corrected chi connectivity index (χ3v) is 1.76. The largest absolute Gasteiger partial charge is 0.393 e. The highest BCUT2D eigenvalue weighted by molar-refractivity contribution is 5.75. The summed E-state index contributed by atoms with van der Waals surface area (Å²) in [5.74, 6) is -0.143. The Morgan fingerprint density at radius 1 is 1.57 bits per heavy atom. The monoisotopic (exact) mass is 205 g/mol. The molecule has 0 fully saturated rings. The van der Waals surface area contributed by atoms with Gasteiger partial charge in [-0.3, -0.25) is 4.79 Å². The molecule has 0 bridgehead atoms. The minimum absolute atomic E-state index is 0.0648. The molecule has 0 heterocycles. The van der Waals surface area contributed by atoms with Gasteiger partial charge in [0.15, 0.2) is 0 Å². The lowest BCUT2D eigenvalue weighted by molar-refractivity contribution is -0.122. The molecule has 0 saturated carbocycles. The first-order valence-corrected chi connectivity index (χ1v) is 4.61. The molecule has 0 aliphatic carbocycles. The number of amides is 1. The summed E-state index contributed by atoms with van der Waals surface area (Å²) in [6.45, 7) is 1.70. The van der Waals surface area contributed by atoms with Crippen LogP contribution in [0.5, 0.6) is 0 Å². The molecule has 0 spiro atoms. The van der Waals surface area contributed by atoms with Crippen LogP contribution in [0.3, 0.4) is 0 Å². The zero-order chi connectivity index (χ0) is 11.0. The Morgan fingerprint density at radius 2 is 2.21 bits per heavy atom. The van der Waals surface area contributed by atoms with Crippen molar-refractivity contribution in [2.24, 2.45) is 0 Å². The highest BCUT2D eigenvalue weighted by Crippen LogP contribution is 1.99. The van der Waals surface area contributed by atoms with E-state index in [1.165, 1.54) is 6.92 Å². The third kappa shape index (κ3) is 6.82. The van der Waals surface area contributed by atoms with E-state index in [1.807, 2.05) is 0 Å². The van der Waals surface area contributed by atoms with E-state index < -0.39 is 5.60 Å². The van der Waals surface area contributed by atoms with Crippen LogP contribution in [0, 0.1) is 0 Å². The van der Waals surface area contributed by atoms with Crippen molar-refractivity contribution in [3.05, 3.63) is 0 Å². The van der Waals surface area contributed by atoms with Gasteiger partial charge in [-0.2, -0.15) is 0 Å². The lowest BCUT2D eigenvalue weighted by Gasteiger charge is -2.20. The van der Waals surface area contributed by atoms with E-state index in [2.05, 4.69) is 5.32 Å². The van der Waals surface area contributed by atoms with Crippen LogP contribution >= 0.6 is 0 Å². The van der Waals surface area contributed by atoms with E-state index in [1.54, 1.807) is 7.11 Å². The van der Waals surface area contributed by atoms with Crippen molar-refractivity contribution in [1.29, 1.82) is 0 Å². The van der Waals surface area contributed by atoms with E-state index in [0.717, 1.165) is 0 Å². The SMILES string of the molecule is COCCCC(=O)NCC(C)(O)CO. The molecule has 84 valence electrons. The summed E-state index contributed by atoms with van der Waals surface area (Å²) < 4.78 is 4.79. The molecule has 0 aromatic heterocycles. The molecule has 0 rings (SSSR count). The topological polar surface area (TPSA) is 78.8 Å². The van der Waals surface area contributed by atoms with Crippen LogP contribution in [-0.2, 0) is 9.53 Å². The third-order valence-electron chi connectivity index (χ3n) is 1.76. The minimum atomic E-state index is -1.24. The maximum absolute atomic E-state index is 11.1. The van der Waals surface area contributed by atoms with E-state index in [-0.39, 0.29) is 19.1 Å². The van der Waals surface area contributed by atoms with Crippen molar-refractivity contribution in [1.82, 2.24) is 5.32 Å². The van der Waals surface area contributed by atoms with Gasteiger partial charge in [0, 0.05) is 26.7 Å². The number of aliphatic hydroxyl groups is 2. The Morgan fingerprint density at radius 3 is 2.71 bits per heavy atom. The van der Waals surface area contributed by atoms with Crippen molar-refractivity contribution in [3.63, 3.8) is 0 Å². The Bertz CT molecular complexity index is 170. The van der Waals surface area contributed by atoms with Gasteiger partial charge in [0.2, 0.25) is 5.91 Å². The van der Waals surface area contributed by atoms with Crippen molar-refractivity contribution in [2.75, 3.05) is 26.9 Å². The van der Waals surface area contributed by atoms with Crippen molar-refractivity contribution in [3.8, 4) is 0 Å². The van der Waals surface area contributed by atoms with E-state index in [0.29, 0.717) is 19.4 Å². The maximum Gasteiger partial charge on any atom is 0.220 e. The van der Waals surface area contributed by atoms with Crippen molar-refractivity contribution >= 4 is 5.91 Å². The fraction of sp³-hybridized carbons (Fsp3) is 0.889. The number of hydrogen-bond acceptors (Lipinski definition) is 4. The minimum Gasteiger partial charge on any atom is -0.393 e. The van der Waals surface area contributed by atoms with Crippen LogP contribution in [0.1, 0.15) is 19.8 Å². The van der Waals surface area contributed by atoms with Crippen LogP contribution in [0.4, 0.5) is 0 Å². The molecule has 3 N–H and O–H groups in total. The molecule has 0 aliphatic rings. The van der Waals surface area contributed by atoms with Crippen LogP contribution in [0.25, 0.3) is 0 Å². The van der Waals surface area contributed by atoms with Gasteiger partial charge in [0.25, 0.3) is 0 Å². The first kappa shape index (κ1) is 13.4. The zero-order valence-electron chi connectivity index (χ0n) is 8.75. The summed E-state index contributed by atoms with van der Waals surface area (Å²) in [6.07, 6.45) is 1.03. The van der Waals surface area contributed by atoms with Crippen molar-refractivity contribution < 1.29 is 19.7 Å². The fourth-order valence-electron chi connectivity index (χ4n) is 0.810. The van der Waals surface area contributed by atoms with Crippen LogP contribution in [-0.4, -0.2) is 48.6 Å². The second-order valence-corrected chi connectivity index (χ2v) is 3.53. The summed E-state index contributed by atoms with van der Waals surface area (Å²) in [6, 6.07) is 0. The normalized spacial score (nSPS) is 14.9. The number of hydrogen-bond donors (Lipinski definition) is 3. The summed E-state index contributed by atoms with van der Waals surface area (Å²) in [7, 11) is 1.58. The van der Waals surface area contributed by atoms with Crippen LogP contribution in [0.2, 0.25) is 0 Å². The Kier molecular flexibility index (Phi) is 6.44. The lowest BCUT2D eigenvalue weighted by Crippen LogP contribution is -2.43. The molecular formula is C9H19NO4. The van der Waals surface area contributed by atoms with Gasteiger partial charge in [-0.25, -0.2) is 0 Å². The number of aliphatic hydroxyl groups excluding tert-OH is 1. The predicted octanol–water partition coefficient (Wildman–Crippen LogP) is -0.727. The van der Waals surface area contributed by atoms with Gasteiger partial charge in [-0.15, -0.1) is 0 Å². The highest BCUT2D eigenvalue weighted by Gasteiger charge is 2.19. The van der Waals surface area contributed by atoms with Crippen LogP contribution in [0.15, 0.2) is 0 Å². The Balaban J connectivity index is 3.53. The smallest absolute Gasteiger partial charge is 0.220 e. The first-order chi connectivity index (χ1) is 6.52. The second kappa shape index (κ2) is 6.75. The predicted molar refractivity (Wildman–Crippen MR) is 51.8 cm³/mol. The molecule has 1 atom stereocenters. The molecule has 0 aromatic rings. The van der Waals surface area contributed by atoms with Gasteiger partial charge >= 0.3 is 0 Å². The molecule has 1 amide bonds. The molecular weight excluding hydrogens is 186 g/mol. The Hall–Kier alpha value is -0.650. The average molecular weight is 205 g/mol.